The first-order valence-corrected chi connectivity index (χ1v) is 2.76. The smallest absolute Gasteiger partial charge is 0 e. The predicted molar refractivity (Wildman–Crippen MR) is 35.5 cm³/mol. The van der Waals surface area contributed by atoms with Crippen LogP contribution < -0.4 is 0 Å². The Balaban J connectivity index is 0.000000640. The number of rotatable bonds is 1. The molecular weight excluding hydrogens is 151 g/mol. The third-order valence-electron chi connectivity index (χ3n) is 1.13. The van der Waals surface area contributed by atoms with Crippen LogP contribution in [0.5, 0.6) is 0 Å². The van der Waals surface area contributed by atoms with Crippen molar-refractivity contribution in [1.82, 2.24) is 0 Å². The first kappa shape index (κ1) is 8.74. The average Bonchev–Trinajstić information content (AvgIpc) is 1.90. The molecule has 1 radical (unpaired) electrons. The van der Waals surface area contributed by atoms with Crippen LogP contribution in [0, 0.1) is 6.92 Å². The van der Waals surface area contributed by atoms with E-state index >= 15 is 0 Å². The average molecular weight is 160 g/mol. The van der Waals surface area contributed by atoms with Gasteiger partial charge in [-0.15, -0.1) is 0 Å². The maximum atomic E-state index is 3.76. The molecule has 0 heterocycles. The van der Waals surface area contributed by atoms with Gasteiger partial charge in [-0.05, 0) is 0 Å². The van der Waals surface area contributed by atoms with Crippen LogP contribution in [0.4, 0.5) is 0 Å². The van der Waals surface area contributed by atoms with Crippen molar-refractivity contribution in [2.24, 2.45) is 0 Å². The van der Waals surface area contributed by atoms with Crippen molar-refractivity contribution in [2.45, 2.75) is 6.42 Å². The summed E-state index contributed by atoms with van der Waals surface area (Å²) in [7, 11) is 0. The molecule has 0 aliphatic rings. The van der Waals surface area contributed by atoms with Gasteiger partial charge in [-0.1, -0.05) is 35.9 Å². The van der Waals surface area contributed by atoms with E-state index in [1.165, 1.54) is 5.56 Å². The molecule has 1 heteroatoms. The van der Waals surface area contributed by atoms with Gasteiger partial charge in [-0.25, -0.2) is 0 Å². The Hall–Kier alpha value is -0.261. The van der Waals surface area contributed by atoms with Gasteiger partial charge in [0, 0.05) is 17.1 Å². The molecular formula is C8H9Mn-. The van der Waals surface area contributed by atoms with E-state index in [1.807, 2.05) is 18.2 Å². The minimum atomic E-state index is 0. The summed E-state index contributed by atoms with van der Waals surface area (Å²) >= 11 is 0. The summed E-state index contributed by atoms with van der Waals surface area (Å²) in [5.74, 6) is 0. The zero-order valence-corrected chi connectivity index (χ0v) is 6.36. The summed E-state index contributed by atoms with van der Waals surface area (Å²) in [6.07, 6.45) is 0.890. The summed E-state index contributed by atoms with van der Waals surface area (Å²) in [5.41, 5.74) is 1.30. The maximum Gasteiger partial charge on any atom is 0 e. The monoisotopic (exact) mass is 160 g/mol. The van der Waals surface area contributed by atoms with Gasteiger partial charge in [0.25, 0.3) is 0 Å². The van der Waals surface area contributed by atoms with Gasteiger partial charge in [0.05, 0.1) is 0 Å². The standard InChI is InChI=1S/C8H9.Mn/c1-2-8-6-4-3-5-7-8;/h3-7H,1-2H2;/q-1;. The van der Waals surface area contributed by atoms with E-state index in [-0.39, 0.29) is 17.1 Å². The van der Waals surface area contributed by atoms with Gasteiger partial charge in [-0.3, -0.25) is 0 Å². The second kappa shape index (κ2) is 4.60. The minimum Gasteiger partial charge on any atom is -0.339 e. The molecule has 0 atom stereocenters. The summed E-state index contributed by atoms with van der Waals surface area (Å²) in [4.78, 5) is 0. The Bertz CT molecular complexity index is 146. The molecule has 1 rings (SSSR count). The molecule has 1 aromatic carbocycles. The summed E-state index contributed by atoms with van der Waals surface area (Å²) in [6.45, 7) is 3.76. The van der Waals surface area contributed by atoms with Crippen LogP contribution in [0.25, 0.3) is 0 Å². The van der Waals surface area contributed by atoms with E-state index in [0.717, 1.165) is 6.42 Å². The third-order valence-corrected chi connectivity index (χ3v) is 1.13. The quantitative estimate of drug-likeness (QED) is 0.435. The predicted octanol–water partition coefficient (Wildman–Crippen LogP) is 2.06. The van der Waals surface area contributed by atoms with Crippen LogP contribution in [0.15, 0.2) is 30.3 Å². The molecule has 0 bridgehead atoms. The molecule has 0 saturated carbocycles. The molecule has 9 heavy (non-hydrogen) atoms. The van der Waals surface area contributed by atoms with Gasteiger partial charge in [0.2, 0.25) is 0 Å². The van der Waals surface area contributed by atoms with Crippen LogP contribution in [0.1, 0.15) is 5.56 Å². The molecule has 49 valence electrons. The first-order valence-electron chi connectivity index (χ1n) is 2.76. The fourth-order valence-electron chi connectivity index (χ4n) is 0.645. The molecule has 0 fully saturated rings. The number of hydrogen-bond acceptors (Lipinski definition) is 0. The molecule has 0 aromatic heterocycles. The SMILES string of the molecule is [CH2-]Cc1ccccc1.[Mn]. The molecule has 0 nitrogen and oxygen atoms in total. The maximum absolute atomic E-state index is 3.76. The van der Waals surface area contributed by atoms with E-state index in [9.17, 15) is 0 Å². The largest absolute Gasteiger partial charge is 0.339 e. The van der Waals surface area contributed by atoms with Crippen molar-refractivity contribution in [2.75, 3.05) is 0 Å². The van der Waals surface area contributed by atoms with Crippen LogP contribution in [-0.2, 0) is 23.5 Å². The van der Waals surface area contributed by atoms with Crippen molar-refractivity contribution in [1.29, 1.82) is 0 Å². The second-order valence-corrected chi connectivity index (χ2v) is 1.74. The molecule has 0 amide bonds. The Morgan fingerprint density at radius 3 is 2.00 bits per heavy atom. The van der Waals surface area contributed by atoms with Crippen molar-refractivity contribution in [3.05, 3.63) is 42.8 Å². The van der Waals surface area contributed by atoms with E-state index in [0.29, 0.717) is 0 Å². The van der Waals surface area contributed by atoms with Crippen molar-refractivity contribution in [3.63, 3.8) is 0 Å². The van der Waals surface area contributed by atoms with Crippen molar-refractivity contribution >= 4 is 0 Å². The van der Waals surface area contributed by atoms with Gasteiger partial charge in [0.1, 0.15) is 0 Å². The second-order valence-electron chi connectivity index (χ2n) is 1.74. The van der Waals surface area contributed by atoms with E-state index in [2.05, 4.69) is 19.1 Å². The van der Waals surface area contributed by atoms with Crippen molar-refractivity contribution in [3.8, 4) is 0 Å². The molecule has 0 aliphatic heterocycles. The molecule has 0 aliphatic carbocycles. The summed E-state index contributed by atoms with van der Waals surface area (Å²) in [6, 6.07) is 10.2. The van der Waals surface area contributed by atoms with Crippen LogP contribution in [-0.4, -0.2) is 0 Å². The normalized spacial score (nSPS) is 8.11. The third kappa shape index (κ3) is 2.69. The Kier molecular flexibility index (Phi) is 4.47. The molecule has 1 aromatic rings. The molecule has 0 saturated heterocycles. The molecule has 0 unspecified atom stereocenters. The Morgan fingerprint density at radius 1 is 1.11 bits per heavy atom. The molecule has 0 N–H and O–H groups in total. The Morgan fingerprint density at radius 2 is 1.67 bits per heavy atom. The summed E-state index contributed by atoms with van der Waals surface area (Å²) < 4.78 is 0. The minimum absolute atomic E-state index is 0. The van der Waals surface area contributed by atoms with E-state index in [4.69, 9.17) is 0 Å². The van der Waals surface area contributed by atoms with Gasteiger partial charge < -0.3 is 6.92 Å². The Labute approximate surface area is 66.8 Å². The molecule has 0 spiro atoms. The van der Waals surface area contributed by atoms with Gasteiger partial charge >= 0.3 is 0 Å². The van der Waals surface area contributed by atoms with E-state index in [1.54, 1.807) is 0 Å². The first-order chi connectivity index (χ1) is 3.93. The number of hydrogen-bond donors (Lipinski definition) is 0. The zero-order valence-electron chi connectivity index (χ0n) is 5.18. The van der Waals surface area contributed by atoms with Gasteiger partial charge in [0.15, 0.2) is 0 Å². The van der Waals surface area contributed by atoms with Crippen LogP contribution in [0.3, 0.4) is 0 Å². The van der Waals surface area contributed by atoms with Crippen molar-refractivity contribution < 1.29 is 17.1 Å². The topological polar surface area (TPSA) is 0 Å². The van der Waals surface area contributed by atoms with Crippen LogP contribution >= 0.6 is 0 Å². The summed E-state index contributed by atoms with van der Waals surface area (Å²) in [5, 5.41) is 0. The fraction of sp³-hybridized carbons (Fsp3) is 0.125. The van der Waals surface area contributed by atoms with Crippen LogP contribution in [0.2, 0.25) is 0 Å². The zero-order chi connectivity index (χ0) is 5.82. The van der Waals surface area contributed by atoms with Gasteiger partial charge in [-0.2, -0.15) is 6.42 Å². The number of benzene rings is 1. The van der Waals surface area contributed by atoms with E-state index < -0.39 is 0 Å². The fourth-order valence-corrected chi connectivity index (χ4v) is 0.645.